The van der Waals surface area contributed by atoms with E-state index in [1.54, 1.807) is 11.0 Å². The third-order valence-corrected chi connectivity index (χ3v) is 6.28. The summed E-state index contributed by atoms with van der Waals surface area (Å²) < 4.78 is 6.42. The van der Waals surface area contributed by atoms with E-state index in [0.29, 0.717) is 17.3 Å². The molecule has 1 fully saturated rings. The van der Waals surface area contributed by atoms with E-state index in [2.05, 4.69) is 0 Å². The largest absolute Gasteiger partial charge is 0.467 e. The maximum absolute atomic E-state index is 13.7. The molecule has 0 N–H and O–H groups in total. The van der Waals surface area contributed by atoms with E-state index in [1.807, 2.05) is 66.4 Å². The predicted octanol–water partition coefficient (Wildman–Crippen LogP) is 5.08. The Morgan fingerprint density at radius 3 is 2.56 bits per heavy atom. The maximum Gasteiger partial charge on any atom is 0.270 e. The summed E-state index contributed by atoms with van der Waals surface area (Å²) in [5.74, 6) is 0.301. The van der Waals surface area contributed by atoms with Crippen LogP contribution in [0.5, 0.6) is 5.75 Å². The van der Waals surface area contributed by atoms with Gasteiger partial charge in [-0.2, -0.15) is 0 Å². The van der Waals surface area contributed by atoms with E-state index in [1.165, 1.54) is 18.2 Å². The van der Waals surface area contributed by atoms with Crippen molar-refractivity contribution < 1.29 is 14.5 Å². The van der Waals surface area contributed by atoms with E-state index in [-0.39, 0.29) is 23.2 Å². The molecule has 0 saturated carbocycles. The second-order valence-electron chi connectivity index (χ2n) is 7.97. The molecular formula is C24H19N3O4S. The summed E-state index contributed by atoms with van der Waals surface area (Å²) in [5.41, 5.74) is 0.934. The van der Waals surface area contributed by atoms with Crippen molar-refractivity contribution >= 4 is 34.6 Å². The zero-order valence-corrected chi connectivity index (χ0v) is 18.0. The second-order valence-corrected chi connectivity index (χ2v) is 8.34. The number of fused-ring (bicyclic) bond motifs is 4. The Hall–Kier alpha value is -3.78. The fourth-order valence-electron chi connectivity index (χ4n) is 4.49. The molecule has 0 radical (unpaired) electrons. The van der Waals surface area contributed by atoms with Gasteiger partial charge in [0.05, 0.1) is 11.0 Å². The lowest BCUT2D eigenvalue weighted by molar-refractivity contribution is -0.384. The molecule has 0 spiro atoms. The minimum Gasteiger partial charge on any atom is -0.467 e. The number of nitro groups is 1. The van der Waals surface area contributed by atoms with Crippen molar-refractivity contribution in [1.82, 2.24) is 4.90 Å². The third kappa shape index (κ3) is 3.11. The van der Waals surface area contributed by atoms with Gasteiger partial charge in [-0.1, -0.05) is 42.5 Å². The van der Waals surface area contributed by atoms with Gasteiger partial charge in [0.2, 0.25) is 0 Å². The molecule has 2 atom stereocenters. The molecule has 2 aliphatic heterocycles. The zero-order valence-electron chi connectivity index (χ0n) is 17.2. The van der Waals surface area contributed by atoms with Crippen LogP contribution in [-0.4, -0.2) is 26.6 Å². The first-order valence-corrected chi connectivity index (χ1v) is 10.5. The monoisotopic (exact) mass is 445 g/mol. The highest BCUT2D eigenvalue weighted by Gasteiger charge is 2.53. The van der Waals surface area contributed by atoms with Crippen molar-refractivity contribution in [3.05, 3.63) is 100 Å². The van der Waals surface area contributed by atoms with Crippen molar-refractivity contribution in [3.8, 4) is 5.75 Å². The quantitative estimate of drug-likeness (QED) is 0.318. The van der Waals surface area contributed by atoms with Gasteiger partial charge < -0.3 is 4.74 Å². The van der Waals surface area contributed by atoms with E-state index >= 15 is 0 Å². The Kier molecular flexibility index (Phi) is 4.67. The van der Waals surface area contributed by atoms with Gasteiger partial charge in [-0.15, -0.1) is 0 Å². The summed E-state index contributed by atoms with van der Waals surface area (Å²) in [6.45, 7) is 1.96. The highest BCUT2D eigenvalue weighted by atomic mass is 32.1. The highest BCUT2D eigenvalue weighted by molar-refractivity contribution is 7.80. The first-order chi connectivity index (χ1) is 15.4. The fourth-order valence-corrected chi connectivity index (χ4v) is 5.00. The Balaban J connectivity index is 1.66. The van der Waals surface area contributed by atoms with Crippen LogP contribution < -0.4 is 9.64 Å². The summed E-state index contributed by atoms with van der Waals surface area (Å²) >= 11 is 5.86. The molecule has 0 unspecified atom stereocenters. The minimum absolute atomic E-state index is 0.143. The molecule has 7 nitrogen and oxygen atoms in total. The van der Waals surface area contributed by atoms with Crippen LogP contribution in [0, 0.1) is 10.1 Å². The van der Waals surface area contributed by atoms with Crippen LogP contribution in [0.2, 0.25) is 0 Å². The Labute approximate surface area is 190 Å². The summed E-state index contributed by atoms with van der Waals surface area (Å²) in [7, 11) is 0. The van der Waals surface area contributed by atoms with Crippen LogP contribution in [-0.2, 0) is 0 Å². The molecule has 3 aromatic rings. The normalized spacial score (nSPS) is 21.5. The lowest BCUT2D eigenvalue weighted by Gasteiger charge is -2.55. The second kappa shape index (κ2) is 7.42. The number of hydrogen-bond donors (Lipinski definition) is 0. The zero-order chi connectivity index (χ0) is 22.5. The maximum atomic E-state index is 13.7. The van der Waals surface area contributed by atoms with E-state index < -0.39 is 10.6 Å². The summed E-state index contributed by atoms with van der Waals surface area (Å²) in [5, 5.41) is 11.6. The highest BCUT2D eigenvalue weighted by Crippen LogP contribution is 2.49. The standard InChI is InChI=1S/C24H19N3O4S/c1-24-15-20(19-12-5-6-13-21(19)31-24)25(23(32)26(24)17-9-3-2-4-10-17)22(28)16-8-7-11-18(14-16)27(29)30/h2-14,20H,15H2,1H3/t20-,24+/m0/s1. The van der Waals surface area contributed by atoms with E-state index in [9.17, 15) is 14.9 Å². The van der Waals surface area contributed by atoms with Crippen LogP contribution >= 0.6 is 12.2 Å². The summed E-state index contributed by atoms with van der Waals surface area (Å²) in [6, 6.07) is 22.5. The predicted molar refractivity (Wildman–Crippen MR) is 124 cm³/mol. The number of anilines is 1. The van der Waals surface area contributed by atoms with Crippen LogP contribution in [0.3, 0.4) is 0 Å². The van der Waals surface area contributed by atoms with Crippen molar-refractivity contribution in [3.63, 3.8) is 0 Å². The van der Waals surface area contributed by atoms with E-state index in [4.69, 9.17) is 17.0 Å². The van der Waals surface area contributed by atoms with Gasteiger partial charge in [0.1, 0.15) is 5.75 Å². The molecule has 2 aliphatic rings. The number of para-hydroxylation sites is 2. The average molecular weight is 446 g/mol. The molecule has 5 rings (SSSR count). The van der Waals surface area contributed by atoms with Crippen LogP contribution in [0.1, 0.15) is 35.3 Å². The molecule has 2 bridgehead atoms. The Bertz CT molecular complexity index is 1250. The molecule has 32 heavy (non-hydrogen) atoms. The summed E-state index contributed by atoms with van der Waals surface area (Å²) in [6.07, 6.45) is 0.486. The number of hydrogen-bond acceptors (Lipinski definition) is 5. The number of nitrogens with zero attached hydrogens (tertiary/aromatic N) is 3. The number of benzene rings is 3. The lowest BCUT2D eigenvalue weighted by atomic mass is 9.88. The topological polar surface area (TPSA) is 75.9 Å². The molecule has 1 amide bonds. The van der Waals surface area contributed by atoms with Gasteiger partial charge in [0.15, 0.2) is 10.8 Å². The lowest BCUT2D eigenvalue weighted by Crippen LogP contribution is -2.67. The Morgan fingerprint density at radius 1 is 1.09 bits per heavy atom. The number of carbonyl (C=O) groups is 1. The van der Waals surface area contributed by atoms with E-state index in [0.717, 1.165) is 11.3 Å². The number of carbonyl (C=O) groups excluding carboxylic acids is 1. The first kappa shape index (κ1) is 20.1. The van der Waals surface area contributed by atoms with Crippen molar-refractivity contribution in [2.75, 3.05) is 4.90 Å². The number of non-ortho nitro benzene ring substituents is 1. The average Bonchev–Trinajstić information content (AvgIpc) is 2.79. The number of thiocarbonyl (C=S) groups is 1. The number of ether oxygens (including phenoxy) is 1. The fraction of sp³-hybridized carbons (Fsp3) is 0.167. The van der Waals surface area contributed by atoms with Crippen LogP contribution in [0.15, 0.2) is 78.9 Å². The molecule has 160 valence electrons. The SMILES string of the molecule is C[C@]12C[C@@H](c3ccccc3O1)N(C(=O)c1cccc([N+](=O)[O-])c1)C(=S)N2c1ccccc1. The van der Waals surface area contributed by atoms with Crippen molar-refractivity contribution in [2.45, 2.75) is 25.1 Å². The van der Waals surface area contributed by atoms with Gasteiger partial charge in [0, 0.05) is 35.4 Å². The molecule has 2 heterocycles. The summed E-state index contributed by atoms with van der Waals surface area (Å²) in [4.78, 5) is 27.9. The Morgan fingerprint density at radius 2 is 1.81 bits per heavy atom. The number of amides is 1. The van der Waals surface area contributed by atoms with Gasteiger partial charge in [-0.3, -0.25) is 24.7 Å². The third-order valence-electron chi connectivity index (χ3n) is 5.90. The molecule has 1 saturated heterocycles. The van der Waals surface area contributed by atoms with Gasteiger partial charge in [-0.25, -0.2) is 0 Å². The van der Waals surface area contributed by atoms with Gasteiger partial charge in [0.25, 0.3) is 11.6 Å². The molecular weight excluding hydrogens is 426 g/mol. The molecule has 3 aromatic carbocycles. The van der Waals surface area contributed by atoms with Crippen LogP contribution in [0.4, 0.5) is 11.4 Å². The molecule has 0 aromatic heterocycles. The molecule has 0 aliphatic carbocycles. The van der Waals surface area contributed by atoms with Crippen molar-refractivity contribution in [2.24, 2.45) is 0 Å². The number of rotatable bonds is 3. The number of nitro benzene ring substituents is 1. The van der Waals surface area contributed by atoms with Gasteiger partial charge >= 0.3 is 0 Å². The molecule has 8 heteroatoms. The van der Waals surface area contributed by atoms with Crippen molar-refractivity contribution in [1.29, 1.82) is 0 Å². The minimum atomic E-state index is -0.795. The van der Waals surface area contributed by atoms with Gasteiger partial charge in [-0.05, 0) is 43.4 Å². The first-order valence-electron chi connectivity index (χ1n) is 10.1. The smallest absolute Gasteiger partial charge is 0.270 e. The van der Waals surface area contributed by atoms with Crippen LogP contribution in [0.25, 0.3) is 0 Å².